The van der Waals surface area contributed by atoms with Crippen molar-refractivity contribution in [2.75, 3.05) is 14.2 Å². The van der Waals surface area contributed by atoms with Gasteiger partial charge in [0, 0.05) is 11.6 Å². The van der Waals surface area contributed by atoms with E-state index in [4.69, 9.17) is 14.2 Å². The van der Waals surface area contributed by atoms with Gasteiger partial charge in [-0.3, -0.25) is 4.79 Å². The first-order valence-corrected chi connectivity index (χ1v) is 8.27. The third-order valence-electron chi connectivity index (χ3n) is 3.58. The second-order valence-corrected chi connectivity index (χ2v) is 5.93. The van der Waals surface area contributed by atoms with Gasteiger partial charge >= 0.3 is 0 Å². The minimum Gasteiger partial charge on any atom is -0.497 e. The van der Waals surface area contributed by atoms with E-state index in [0.29, 0.717) is 22.8 Å². The highest BCUT2D eigenvalue weighted by Gasteiger charge is 2.10. The molecule has 0 aliphatic carbocycles. The number of amides is 1. The largest absolute Gasteiger partial charge is 0.497 e. The molecule has 0 saturated heterocycles. The number of nitrogens with zero attached hydrogens (tertiary/aromatic N) is 1. The zero-order valence-corrected chi connectivity index (χ0v) is 15.7. The summed E-state index contributed by atoms with van der Waals surface area (Å²) in [5, 5.41) is 4.17. The fourth-order valence-electron chi connectivity index (χ4n) is 2.25. The molecule has 0 unspecified atom stereocenters. The topological polar surface area (TPSA) is 69.2 Å². The molecule has 26 heavy (non-hydrogen) atoms. The molecular weight excluding hydrogens is 332 g/mol. The van der Waals surface area contributed by atoms with E-state index >= 15 is 0 Å². The van der Waals surface area contributed by atoms with Gasteiger partial charge in [-0.2, -0.15) is 5.10 Å². The Balaban J connectivity index is 2.09. The highest BCUT2D eigenvalue weighted by molar-refractivity contribution is 6.01. The standard InChI is InChI=1S/C20H24N2O4/c1-13(2)26-17-8-6-15(7-9-17)14(3)21-22-20(23)16-10-18(24-4)12-19(11-16)25-5/h6-13H,1-5H3,(H,22,23)/b21-14-. The lowest BCUT2D eigenvalue weighted by atomic mass is 10.1. The van der Waals surface area contributed by atoms with Crippen LogP contribution in [0.25, 0.3) is 0 Å². The summed E-state index contributed by atoms with van der Waals surface area (Å²) >= 11 is 0. The number of ether oxygens (including phenoxy) is 3. The quantitative estimate of drug-likeness (QED) is 0.607. The van der Waals surface area contributed by atoms with Crippen LogP contribution in [0.1, 0.15) is 36.7 Å². The van der Waals surface area contributed by atoms with Crippen LogP contribution in [0.2, 0.25) is 0 Å². The van der Waals surface area contributed by atoms with E-state index < -0.39 is 0 Å². The van der Waals surface area contributed by atoms with Gasteiger partial charge in [0.15, 0.2) is 0 Å². The summed E-state index contributed by atoms with van der Waals surface area (Å²) < 4.78 is 16.0. The predicted molar refractivity (Wildman–Crippen MR) is 101 cm³/mol. The highest BCUT2D eigenvalue weighted by atomic mass is 16.5. The summed E-state index contributed by atoms with van der Waals surface area (Å²) in [6, 6.07) is 12.5. The Hall–Kier alpha value is -3.02. The van der Waals surface area contributed by atoms with E-state index in [9.17, 15) is 4.79 Å². The minimum absolute atomic E-state index is 0.120. The lowest BCUT2D eigenvalue weighted by Gasteiger charge is -2.10. The Kier molecular flexibility index (Phi) is 6.60. The van der Waals surface area contributed by atoms with Crippen LogP contribution in [0, 0.1) is 0 Å². The maximum atomic E-state index is 12.3. The molecule has 2 aromatic carbocycles. The number of hydrazone groups is 1. The third kappa shape index (κ3) is 5.24. The van der Waals surface area contributed by atoms with E-state index in [1.165, 1.54) is 14.2 Å². The predicted octanol–water partition coefficient (Wildman–Crippen LogP) is 3.65. The van der Waals surface area contributed by atoms with Crippen molar-refractivity contribution in [3.63, 3.8) is 0 Å². The lowest BCUT2D eigenvalue weighted by Crippen LogP contribution is -2.19. The highest BCUT2D eigenvalue weighted by Crippen LogP contribution is 2.22. The fraction of sp³-hybridized carbons (Fsp3) is 0.300. The SMILES string of the molecule is COc1cc(OC)cc(C(=O)N/N=C(/C)c2ccc(OC(C)C)cc2)c1. The van der Waals surface area contributed by atoms with E-state index in [2.05, 4.69) is 10.5 Å². The summed E-state index contributed by atoms with van der Waals surface area (Å²) in [5.41, 5.74) is 4.53. The number of methoxy groups -OCH3 is 2. The zero-order chi connectivity index (χ0) is 19.1. The number of hydrogen-bond donors (Lipinski definition) is 1. The first-order valence-electron chi connectivity index (χ1n) is 8.27. The molecule has 0 bridgehead atoms. The maximum Gasteiger partial charge on any atom is 0.271 e. The van der Waals surface area contributed by atoms with Crippen molar-refractivity contribution in [1.82, 2.24) is 5.43 Å². The Morgan fingerprint density at radius 3 is 2.00 bits per heavy atom. The summed E-state index contributed by atoms with van der Waals surface area (Å²) in [4.78, 5) is 12.3. The maximum absolute atomic E-state index is 12.3. The lowest BCUT2D eigenvalue weighted by molar-refractivity contribution is 0.0954. The molecule has 0 aliphatic rings. The van der Waals surface area contributed by atoms with Crippen molar-refractivity contribution >= 4 is 11.6 Å². The van der Waals surface area contributed by atoms with Crippen molar-refractivity contribution in [1.29, 1.82) is 0 Å². The molecule has 2 aromatic rings. The van der Waals surface area contributed by atoms with E-state index in [0.717, 1.165) is 11.3 Å². The molecule has 2 rings (SSSR count). The molecule has 0 spiro atoms. The Labute approximate surface area is 153 Å². The monoisotopic (exact) mass is 356 g/mol. The van der Waals surface area contributed by atoms with E-state index in [-0.39, 0.29) is 12.0 Å². The van der Waals surface area contributed by atoms with Crippen molar-refractivity contribution in [3.05, 3.63) is 53.6 Å². The van der Waals surface area contributed by atoms with Crippen LogP contribution in [-0.2, 0) is 0 Å². The Bertz CT molecular complexity index is 761. The molecule has 1 amide bonds. The van der Waals surface area contributed by atoms with E-state index in [1.807, 2.05) is 45.0 Å². The van der Waals surface area contributed by atoms with Gasteiger partial charge in [-0.25, -0.2) is 5.43 Å². The van der Waals surface area contributed by atoms with Crippen LogP contribution < -0.4 is 19.6 Å². The van der Waals surface area contributed by atoms with Gasteiger partial charge in [0.1, 0.15) is 17.2 Å². The van der Waals surface area contributed by atoms with Crippen LogP contribution in [0.15, 0.2) is 47.6 Å². The normalized spacial score (nSPS) is 11.2. The van der Waals surface area contributed by atoms with Gasteiger partial charge in [0.2, 0.25) is 0 Å². The molecule has 0 fully saturated rings. The van der Waals surface area contributed by atoms with Gasteiger partial charge in [-0.1, -0.05) is 0 Å². The molecule has 0 heterocycles. The Morgan fingerprint density at radius 2 is 1.50 bits per heavy atom. The molecule has 6 nitrogen and oxygen atoms in total. The van der Waals surface area contributed by atoms with Crippen molar-refractivity contribution in [2.45, 2.75) is 26.9 Å². The number of nitrogens with one attached hydrogen (secondary N) is 1. The molecular formula is C20H24N2O4. The number of carbonyl (C=O) groups excluding carboxylic acids is 1. The zero-order valence-electron chi connectivity index (χ0n) is 15.7. The number of hydrogen-bond acceptors (Lipinski definition) is 5. The minimum atomic E-state index is -0.346. The first-order chi connectivity index (χ1) is 12.4. The van der Waals surface area contributed by atoms with Crippen LogP contribution in [0.3, 0.4) is 0 Å². The number of rotatable bonds is 7. The van der Waals surface area contributed by atoms with Crippen LogP contribution >= 0.6 is 0 Å². The smallest absolute Gasteiger partial charge is 0.271 e. The molecule has 138 valence electrons. The van der Waals surface area contributed by atoms with Crippen molar-refractivity contribution < 1.29 is 19.0 Å². The second kappa shape index (κ2) is 8.89. The van der Waals surface area contributed by atoms with Crippen LogP contribution in [0.5, 0.6) is 17.2 Å². The summed E-state index contributed by atoms with van der Waals surface area (Å²) in [6.07, 6.45) is 0.120. The molecule has 0 aliphatic heterocycles. The molecule has 0 atom stereocenters. The Morgan fingerprint density at radius 1 is 0.923 bits per heavy atom. The number of carbonyl (C=O) groups is 1. The summed E-state index contributed by atoms with van der Waals surface area (Å²) in [5.74, 6) is 1.53. The van der Waals surface area contributed by atoms with Crippen LogP contribution in [0.4, 0.5) is 0 Å². The van der Waals surface area contributed by atoms with Gasteiger partial charge in [-0.05, 0) is 62.7 Å². The molecule has 0 saturated carbocycles. The van der Waals surface area contributed by atoms with Gasteiger partial charge in [-0.15, -0.1) is 0 Å². The van der Waals surface area contributed by atoms with E-state index in [1.54, 1.807) is 18.2 Å². The van der Waals surface area contributed by atoms with Gasteiger partial charge in [0.25, 0.3) is 5.91 Å². The van der Waals surface area contributed by atoms with Crippen molar-refractivity contribution in [2.24, 2.45) is 5.10 Å². The molecule has 0 aromatic heterocycles. The molecule has 6 heteroatoms. The molecule has 1 N–H and O–H groups in total. The summed E-state index contributed by atoms with van der Waals surface area (Å²) in [7, 11) is 3.07. The molecule has 0 radical (unpaired) electrons. The average molecular weight is 356 g/mol. The first kappa shape index (κ1) is 19.3. The third-order valence-corrected chi connectivity index (χ3v) is 3.58. The van der Waals surface area contributed by atoms with Gasteiger partial charge < -0.3 is 14.2 Å². The van der Waals surface area contributed by atoms with Crippen molar-refractivity contribution in [3.8, 4) is 17.2 Å². The van der Waals surface area contributed by atoms with Crippen LogP contribution in [-0.4, -0.2) is 31.9 Å². The fourth-order valence-corrected chi connectivity index (χ4v) is 2.25. The number of benzene rings is 2. The summed E-state index contributed by atoms with van der Waals surface area (Å²) in [6.45, 7) is 5.78. The average Bonchev–Trinajstić information content (AvgIpc) is 2.65. The van der Waals surface area contributed by atoms with Gasteiger partial charge in [0.05, 0.1) is 26.0 Å². The second-order valence-electron chi connectivity index (χ2n) is 5.93.